The van der Waals surface area contributed by atoms with Crippen molar-refractivity contribution in [2.45, 2.75) is 50.2 Å². The Morgan fingerprint density at radius 3 is 2.48 bits per heavy atom. The van der Waals surface area contributed by atoms with Gasteiger partial charge < -0.3 is 34.6 Å². The Morgan fingerprint density at radius 1 is 1.03 bits per heavy atom. The standard InChI is InChI=1S/C21H22O8/c1-10-18(24)19(25)20(26)21(27-10)28-12-7-13(22)17-14(23)9-15(29-16(17)8-12)11-5-3-2-4-6-11/h2-8,10,15,18-22,24-26H,9H2,1H3/t10?,15?,18-,19-,20?,21-/m0/s1. The molecule has 0 amide bonds. The number of aromatic hydroxyl groups is 1. The van der Waals surface area contributed by atoms with Crippen LogP contribution in [0.5, 0.6) is 17.2 Å². The van der Waals surface area contributed by atoms with Gasteiger partial charge in [-0.05, 0) is 12.5 Å². The third-order valence-corrected chi connectivity index (χ3v) is 5.21. The lowest BCUT2D eigenvalue weighted by atomic mass is 9.95. The molecule has 2 aliphatic rings. The Labute approximate surface area is 166 Å². The average Bonchev–Trinajstić information content (AvgIpc) is 2.70. The van der Waals surface area contributed by atoms with Crippen LogP contribution in [0.2, 0.25) is 0 Å². The zero-order valence-electron chi connectivity index (χ0n) is 15.6. The molecule has 6 atom stereocenters. The van der Waals surface area contributed by atoms with E-state index in [2.05, 4.69) is 0 Å². The minimum absolute atomic E-state index is 0.0680. The van der Waals surface area contributed by atoms with Gasteiger partial charge in [0.15, 0.2) is 5.78 Å². The van der Waals surface area contributed by atoms with Crippen LogP contribution < -0.4 is 9.47 Å². The average molecular weight is 402 g/mol. The van der Waals surface area contributed by atoms with E-state index < -0.39 is 36.8 Å². The number of aliphatic hydroxyl groups is 3. The molecule has 0 aliphatic carbocycles. The Morgan fingerprint density at radius 2 is 1.76 bits per heavy atom. The second-order valence-corrected chi connectivity index (χ2v) is 7.26. The fourth-order valence-corrected chi connectivity index (χ4v) is 3.58. The van der Waals surface area contributed by atoms with E-state index in [1.807, 2.05) is 30.3 Å². The number of phenols is 1. The van der Waals surface area contributed by atoms with Crippen LogP contribution in [0.15, 0.2) is 42.5 Å². The van der Waals surface area contributed by atoms with E-state index >= 15 is 0 Å². The van der Waals surface area contributed by atoms with Crippen LogP contribution in [0.4, 0.5) is 0 Å². The quantitative estimate of drug-likeness (QED) is 0.605. The third-order valence-electron chi connectivity index (χ3n) is 5.21. The summed E-state index contributed by atoms with van der Waals surface area (Å²) in [5.74, 6) is -0.329. The van der Waals surface area contributed by atoms with Crippen molar-refractivity contribution in [1.29, 1.82) is 0 Å². The highest BCUT2D eigenvalue weighted by Gasteiger charge is 2.43. The van der Waals surface area contributed by atoms with Crippen molar-refractivity contribution in [2.75, 3.05) is 0 Å². The normalized spacial score (nSPS) is 31.7. The molecule has 1 saturated heterocycles. The van der Waals surface area contributed by atoms with Gasteiger partial charge in [-0.3, -0.25) is 4.79 Å². The highest BCUT2D eigenvalue weighted by atomic mass is 16.7. The lowest BCUT2D eigenvalue weighted by Gasteiger charge is -2.39. The molecule has 154 valence electrons. The molecule has 0 aromatic heterocycles. The molecule has 2 aromatic carbocycles. The molecule has 0 saturated carbocycles. The second kappa shape index (κ2) is 7.64. The minimum Gasteiger partial charge on any atom is -0.507 e. The van der Waals surface area contributed by atoms with Gasteiger partial charge in [-0.15, -0.1) is 0 Å². The summed E-state index contributed by atoms with van der Waals surface area (Å²) in [6.07, 6.45) is -6.66. The van der Waals surface area contributed by atoms with Gasteiger partial charge in [0.05, 0.1) is 12.5 Å². The first kappa shape index (κ1) is 19.7. The summed E-state index contributed by atoms with van der Waals surface area (Å²) in [4.78, 5) is 12.6. The number of ketones is 1. The predicted octanol–water partition coefficient (Wildman–Crippen LogP) is 1.30. The summed E-state index contributed by atoms with van der Waals surface area (Å²) in [5, 5.41) is 40.2. The first-order valence-corrected chi connectivity index (χ1v) is 9.33. The largest absolute Gasteiger partial charge is 0.507 e. The number of hydrogen-bond donors (Lipinski definition) is 4. The maximum absolute atomic E-state index is 12.6. The topological polar surface area (TPSA) is 126 Å². The number of benzene rings is 2. The molecule has 2 aromatic rings. The SMILES string of the molecule is CC1O[C@@H](Oc2cc(O)c3c(c2)OC(c2ccccc2)CC3=O)C(O)[C@@H](O)[C@H]1O. The van der Waals surface area contributed by atoms with Crippen LogP contribution in [0.1, 0.15) is 35.4 Å². The highest BCUT2D eigenvalue weighted by molar-refractivity contribution is 6.02. The van der Waals surface area contributed by atoms with E-state index in [-0.39, 0.29) is 35.0 Å². The molecule has 0 spiro atoms. The van der Waals surface area contributed by atoms with Crippen molar-refractivity contribution in [3.05, 3.63) is 53.6 Å². The monoisotopic (exact) mass is 402 g/mol. The molecule has 29 heavy (non-hydrogen) atoms. The summed E-state index contributed by atoms with van der Waals surface area (Å²) >= 11 is 0. The van der Waals surface area contributed by atoms with Crippen LogP contribution in [0, 0.1) is 0 Å². The first-order chi connectivity index (χ1) is 13.8. The molecule has 2 heterocycles. The summed E-state index contributed by atoms with van der Waals surface area (Å²) in [6, 6.07) is 11.9. The molecule has 3 unspecified atom stereocenters. The van der Waals surface area contributed by atoms with Crippen LogP contribution in [-0.4, -0.2) is 56.9 Å². The van der Waals surface area contributed by atoms with Gasteiger partial charge in [0.1, 0.15) is 47.2 Å². The first-order valence-electron chi connectivity index (χ1n) is 9.33. The zero-order valence-corrected chi connectivity index (χ0v) is 15.6. The predicted molar refractivity (Wildman–Crippen MR) is 99.8 cm³/mol. The van der Waals surface area contributed by atoms with Gasteiger partial charge in [-0.1, -0.05) is 30.3 Å². The molecule has 0 radical (unpaired) electrons. The van der Waals surface area contributed by atoms with Crippen molar-refractivity contribution in [2.24, 2.45) is 0 Å². The van der Waals surface area contributed by atoms with E-state index in [0.29, 0.717) is 0 Å². The van der Waals surface area contributed by atoms with Crippen LogP contribution in [0.25, 0.3) is 0 Å². The second-order valence-electron chi connectivity index (χ2n) is 7.26. The molecule has 1 fully saturated rings. The van der Waals surface area contributed by atoms with E-state index in [1.54, 1.807) is 0 Å². The molecule has 0 bridgehead atoms. The van der Waals surface area contributed by atoms with Crippen molar-refractivity contribution in [3.8, 4) is 17.2 Å². The highest BCUT2D eigenvalue weighted by Crippen LogP contribution is 2.42. The van der Waals surface area contributed by atoms with E-state index in [0.717, 1.165) is 5.56 Å². The number of ether oxygens (including phenoxy) is 3. The van der Waals surface area contributed by atoms with E-state index in [9.17, 15) is 25.2 Å². The molecule has 8 heteroatoms. The van der Waals surface area contributed by atoms with Crippen LogP contribution in [0.3, 0.4) is 0 Å². The number of hydrogen-bond acceptors (Lipinski definition) is 8. The Balaban J connectivity index is 1.60. The molecular weight excluding hydrogens is 380 g/mol. The fraction of sp³-hybridized carbons (Fsp3) is 0.381. The lowest BCUT2D eigenvalue weighted by Crippen LogP contribution is -2.58. The van der Waals surface area contributed by atoms with Crippen molar-refractivity contribution in [1.82, 2.24) is 0 Å². The Kier molecular flexibility index (Phi) is 5.18. The number of rotatable bonds is 3. The summed E-state index contributed by atoms with van der Waals surface area (Å²) < 4.78 is 16.9. The number of fused-ring (bicyclic) bond motifs is 1. The molecule has 2 aliphatic heterocycles. The maximum atomic E-state index is 12.6. The summed E-state index contributed by atoms with van der Waals surface area (Å²) in [6.45, 7) is 1.53. The van der Waals surface area contributed by atoms with Crippen LogP contribution in [-0.2, 0) is 4.74 Å². The summed E-state index contributed by atoms with van der Waals surface area (Å²) in [5.41, 5.74) is 0.896. The third kappa shape index (κ3) is 3.67. The molecule has 4 N–H and O–H groups in total. The Hall–Kier alpha value is -2.65. The molecule has 4 rings (SSSR count). The van der Waals surface area contributed by atoms with Gasteiger partial charge in [0.2, 0.25) is 6.29 Å². The lowest BCUT2D eigenvalue weighted by molar-refractivity contribution is -0.268. The van der Waals surface area contributed by atoms with Crippen molar-refractivity contribution in [3.63, 3.8) is 0 Å². The number of aliphatic hydroxyl groups excluding tert-OH is 3. The smallest absolute Gasteiger partial charge is 0.229 e. The zero-order chi connectivity index (χ0) is 20.7. The Bertz CT molecular complexity index is 899. The number of phenolic OH excluding ortho intramolecular Hbond substituents is 1. The van der Waals surface area contributed by atoms with Gasteiger partial charge >= 0.3 is 0 Å². The molecule has 8 nitrogen and oxygen atoms in total. The number of carbonyl (C=O) groups excluding carboxylic acids is 1. The van der Waals surface area contributed by atoms with Gasteiger partial charge in [-0.25, -0.2) is 0 Å². The van der Waals surface area contributed by atoms with E-state index in [4.69, 9.17) is 14.2 Å². The minimum atomic E-state index is -1.50. The van der Waals surface area contributed by atoms with E-state index in [1.165, 1.54) is 19.1 Å². The van der Waals surface area contributed by atoms with Gasteiger partial charge in [0.25, 0.3) is 0 Å². The maximum Gasteiger partial charge on any atom is 0.229 e. The van der Waals surface area contributed by atoms with Crippen LogP contribution >= 0.6 is 0 Å². The number of Topliss-reactive ketones (excluding diaryl/α,β-unsaturated/α-hetero) is 1. The van der Waals surface area contributed by atoms with Crippen molar-refractivity contribution < 1.29 is 39.4 Å². The molecular formula is C21H22O8. The van der Waals surface area contributed by atoms with Gasteiger partial charge in [-0.2, -0.15) is 0 Å². The fourth-order valence-electron chi connectivity index (χ4n) is 3.58. The summed E-state index contributed by atoms with van der Waals surface area (Å²) in [7, 11) is 0. The van der Waals surface area contributed by atoms with Gasteiger partial charge in [0, 0.05) is 12.1 Å². The van der Waals surface area contributed by atoms with Crippen molar-refractivity contribution >= 4 is 5.78 Å². The number of carbonyl (C=O) groups is 1.